The lowest BCUT2D eigenvalue weighted by Crippen LogP contribution is -2.14. The van der Waals surface area contributed by atoms with Crippen molar-refractivity contribution in [3.05, 3.63) is 89.0 Å². The summed E-state index contributed by atoms with van der Waals surface area (Å²) >= 11 is 0. The molecule has 0 saturated heterocycles. The van der Waals surface area contributed by atoms with Gasteiger partial charge in [0.1, 0.15) is 0 Å². The van der Waals surface area contributed by atoms with Gasteiger partial charge in [0.15, 0.2) is 23.0 Å². The molecule has 0 heterocycles. The van der Waals surface area contributed by atoms with E-state index in [2.05, 4.69) is 48.1 Å². The lowest BCUT2D eigenvalue weighted by molar-refractivity contribution is 0.0711. The first kappa shape index (κ1) is 26.5. The van der Waals surface area contributed by atoms with Gasteiger partial charge in [0, 0.05) is 6.07 Å². The van der Waals surface area contributed by atoms with Crippen molar-refractivity contribution in [1.29, 1.82) is 0 Å². The molecule has 0 fully saturated rings. The van der Waals surface area contributed by atoms with Crippen LogP contribution in [0.1, 0.15) is 78.9 Å². The predicted octanol–water partition coefficient (Wildman–Crippen LogP) is 6.77. The lowest BCUT2D eigenvalue weighted by Gasteiger charge is -2.19. The first-order chi connectivity index (χ1) is 16.7. The van der Waals surface area contributed by atoms with Crippen LogP contribution in [0.4, 0.5) is 0 Å². The SMILES string of the molecule is C=Cc1c(O)c(OC(=O)c2ccc(C(C)(C)C)cc2)cc(O)c1OC(=O)c1ccc(C(C)(C)C)cc1. The highest BCUT2D eigenvalue weighted by Gasteiger charge is 2.24. The van der Waals surface area contributed by atoms with Crippen molar-refractivity contribution in [2.24, 2.45) is 0 Å². The fraction of sp³-hybridized carbons (Fsp3) is 0.267. The monoisotopic (exact) mass is 488 g/mol. The first-order valence-electron chi connectivity index (χ1n) is 11.6. The summed E-state index contributed by atoms with van der Waals surface area (Å²) in [6, 6.07) is 14.9. The number of hydrogen-bond acceptors (Lipinski definition) is 6. The minimum absolute atomic E-state index is 0.0761. The number of phenolic OH excluding ortho intramolecular Hbond substituents is 2. The fourth-order valence-electron chi connectivity index (χ4n) is 3.53. The van der Waals surface area contributed by atoms with Crippen molar-refractivity contribution >= 4 is 18.0 Å². The molecule has 6 nitrogen and oxygen atoms in total. The Balaban J connectivity index is 1.84. The largest absolute Gasteiger partial charge is 0.504 e. The van der Waals surface area contributed by atoms with E-state index in [0.29, 0.717) is 0 Å². The van der Waals surface area contributed by atoms with Gasteiger partial charge in [-0.1, -0.05) is 78.5 Å². The molecule has 0 spiro atoms. The van der Waals surface area contributed by atoms with Gasteiger partial charge in [-0.05, 0) is 46.2 Å². The van der Waals surface area contributed by atoms with Crippen LogP contribution in [0.25, 0.3) is 6.08 Å². The number of phenols is 2. The summed E-state index contributed by atoms with van der Waals surface area (Å²) in [6.07, 6.45) is 1.20. The van der Waals surface area contributed by atoms with Gasteiger partial charge in [0.2, 0.25) is 0 Å². The zero-order chi connectivity index (χ0) is 26.8. The normalized spacial score (nSPS) is 11.6. The maximum Gasteiger partial charge on any atom is 0.343 e. The van der Waals surface area contributed by atoms with Crippen molar-refractivity contribution in [2.75, 3.05) is 0 Å². The van der Waals surface area contributed by atoms with E-state index in [1.165, 1.54) is 6.08 Å². The third kappa shape index (κ3) is 5.77. The van der Waals surface area contributed by atoms with E-state index >= 15 is 0 Å². The van der Waals surface area contributed by atoms with Crippen LogP contribution >= 0.6 is 0 Å². The van der Waals surface area contributed by atoms with Crippen LogP contribution < -0.4 is 9.47 Å². The Morgan fingerprint density at radius 3 is 1.56 bits per heavy atom. The van der Waals surface area contributed by atoms with E-state index in [1.807, 2.05) is 24.3 Å². The van der Waals surface area contributed by atoms with E-state index in [9.17, 15) is 19.8 Å². The number of aromatic hydroxyl groups is 2. The maximum absolute atomic E-state index is 12.7. The number of esters is 2. The number of benzene rings is 3. The molecule has 0 aliphatic carbocycles. The molecule has 3 aromatic rings. The van der Waals surface area contributed by atoms with Crippen LogP contribution in [0.2, 0.25) is 0 Å². The van der Waals surface area contributed by atoms with Gasteiger partial charge in [0.05, 0.1) is 16.7 Å². The highest BCUT2D eigenvalue weighted by Crippen LogP contribution is 2.44. The third-order valence-corrected chi connectivity index (χ3v) is 5.81. The average molecular weight is 489 g/mol. The summed E-state index contributed by atoms with van der Waals surface area (Å²) in [7, 11) is 0. The topological polar surface area (TPSA) is 93.1 Å². The van der Waals surface area contributed by atoms with E-state index < -0.39 is 23.4 Å². The van der Waals surface area contributed by atoms with E-state index in [1.54, 1.807) is 24.3 Å². The Labute approximate surface area is 211 Å². The number of ether oxygens (including phenoxy) is 2. The standard InChI is InChI=1S/C30H32O6/c1-8-22-25(32)24(35-27(33)18-9-13-20(14-10-18)29(2,3)4)17-23(31)26(22)36-28(34)19-11-15-21(16-12-19)30(5,6)7/h8-17,31-32H,1H2,2-7H3. The van der Waals surface area contributed by atoms with Crippen LogP contribution in [0.15, 0.2) is 61.2 Å². The molecule has 188 valence electrons. The Morgan fingerprint density at radius 1 is 0.750 bits per heavy atom. The maximum atomic E-state index is 12.7. The Bertz CT molecular complexity index is 1290. The molecule has 0 aliphatic heterocycles. The molecule has 3 aromatic carbocycles. The predicted molar refractivity (Wildman–Crippen MR) is 140 cm³/mol. The summed E-state index contributed by atoms with van der Waals surface area (Å²) in [6.45, 7) is 16.0. The van der Waals surface area contributed by atoms with Crippen LogP contribution in [0.5, 0.6) is 23.0 Å². The molecule has 3 rings (SSSR count). The van der Waals surface area contributed by atoms with Gasteiger partial charge in [-0.25, -0.2) is 9.59 Å². The molecule has 0 aliphatic rings. The van der Waals surface area contributed by atoms with Gasteiger partial charge in [-0.15, -0.1) is 0 Å². The van der Waals surface area contributed by atoms with Crippen LogP contribution in [-0.2, 0) is 10.8 Å². The first-order valence-corrected chi connectivity index (χ1v) is 11.6. The molecular weight excluding hydrogens is 456 g/mol. The summed E-state index contributed by atoms with van der Waals surface area (Å²) in [5.41, 5.74) is 2.40. The lowest BCUT2D eigenvalue weighted by atomic mass is 9.87. The van der Waals surface area contributed by atoms with E-state index in [0.717, 1.165) is 17.2 Å². The molecule has 0 atom stereocenters. The van der Waals surface area contributed by atoms with Crippen LogP contribution in [0.3, 0.4) is 0 Å². The molecule has 0 unspecified atom stereocenters. The van der Waals surface area contributed by atoms with Crippen molar-refractivity contribution in [2.45, 2.75) is 52.4 Å². The van der Waals surface area contributed by atoms with Crippen molar-refractivity contribution in [3.63, 3.8) is 0 Å². The molecule has 0 radical (unpaired) electrons. The summed E-state index contributed by atoms with van der Waals surface area (Å²) < 4.78 is 10.7. The number of hydrogen-bond donors (Lipinski definition) is 2. The Hall–Kier alpha value is -4.06. The fourth-order valence-corrected chi connectivity index (χ4v) is 3.53. The summed E-state index contributed by atoms with van der Waals surface area (Å²) in [5, 5.41) is 21.3. The Kier molecular flexibility index (Phi) is 7.30. The molecule has 0 saturated carbocycles. The summed E-state index contributed by atoms with van der Waals surface area (Å²) in [4.78, 5) is 25.4. The molecule has 0 aromatic heterocycles. The molecular formula is C30H32O6. The van der Waals surface area contributed by atoms with Crippen LogP contribution in [0, 0.1) is 0 Å². The van der Waals surface area contributed by atoms with Crippen LogP contribution in [-0.4, -0.2) is 22.2 Å². The average Bonchev–Trinajstić information content (AvgIpc) is 2.81. The van der Waals surface area contributed by atoms with Gasteiger partial charge in [0.25, 0.3) is 0 Å². The molecule has 6 heteroatoms. The van der Waals surface area contributed by atoms with E-state index in [-0.39, 0.29) is 39.0 Å². The van der Waals surface area contributed by atoms with Crippen molar-refractivity contribution < 1.29 is 29.3 Å². The number of rotatable bonds is 5. The molecule has 2 N–H and O–H groups in total. The second kappa shape index (κ2) is 9.90. The van der Waals surface area contributed by atoms with Gasteiger partial charge < -0.3 is 19.7 Å². The molecule has 36 heavy (non-hydrogen) atoms. The number of carbonyl (C=O) groups is 2. The number of carbonyl (C=O) groups excluding carboxylic acids is 2. The van der Waals surface area contributed by atoms with Crippen molar-refractivity contribution in [1.82, 2.24) is 0 Å². The second-order valence-electron chi connectivity index (χ2n) is 10.6. The van der Waals surface area contributed by atoms with Crippen molar-refractivity contribution in [3.8, 4) is 23.0 Å². The van der Waals surface area contributed by atoms with Gasteiger partial charge >= 0.3 is 11.9 Å². The van der Waals surface area contributed by atoms with E-state index in [4.69, 9.17) is 9.47 Å². The smallest absolute Gasteiger partial charge is 0.343 e. The minimum atomic E-state index is -0.725. The third-order valence-electron chi connectivity index (χ3n) is 5.81. The quantitative estimate of drug-likeness (QED) is 0.234. The van der Waals surface area contributed by atoms with Gasteiger partial charge in [-0.2, -0.15) is 0 Å². The van der Waals surface area contributed by atoms with Gasteiger partial charge in [-0.3, -0.25) is 0 Å². The molecule has 0 bridgehead atoms. The highest BCUT2D eigenvalue weighted by atomic mass is 16.6. The highest BCUT2D eigenvalue weighted by molar-refractivity contribution is 5.94. The zero-order valence-corrected chi connectivity index (χ0v) is 21.5. The minimum Gasteiger partial charge on any atom is -0.504 e. The molecule has 0 amide bonds. The second-order valence-corrected chi connectivity index (χ2v) is 10.6. The Morgan fingerprint density at radius 2 is 1.17 bits per heavy atom. The summed E-state index contributed by atoms with van der Waals surface area (Å²) in [5.74, 6) is -3.01. The zero-order valence-electron chi connectivity index (χ0n) is 21.5.